The summed E-state index contributed by atoms with van der Waals surface area (Å²) in [5.74, 6) is -0.365. The van der Waals surface area contributed by atoms with Crippen molar-refractivity contribution in [3.05, 3.63) is 60.2 Å². The van der Waals surface area contributed by atoms with Gasteiger partial charge in [-0.05, 0) is 29.7 Å². The molecule has 2 aromatic rings. The van der Waals surface area contributed by atoms with Crippen LogP contribution in [0.2, 0.25) is 0 Å². The maximum atomic E-state index is 12.2. The molecule has 2 heterocycles. The van der Waals surface area contributed by atoms with Crippen molar-refractivity contribution in [1.29, 1.82) is 0 Å². The lowest BCUT2D eigenvalue weighted by Gasteiger charge is -2.30. The molecule has 0 aliphatic heterocycles. The Hall–Kier alpha value is -2.23. The van der Waals surface area contributed by atoms with Crippen LogP contribution in [0.4, 0.5) is 0 Å². The van der Waals surface area contributed by atoms with E-state index < -0.39 is 5.41 Å². The zero-order valence-corrected chi connectivity index (χ0v) is 10.9. The largest absolute Gasteiger partial charge is 0.369 e. The van der Waals surface area contributed by atoms with Crippen molar-refractivity contribution >= 4 is 5.91 Å². The van der Waals surface area contributed by atoms with Gasteiger partial charge in [0, 0.05) is 24.8 Å². The van der Waals surface area contributed by atoms with Crippen molar-refractivity contribution in [2.75, 3.05) is 0 Å². The predicted molar refractivity (Wildman–Crippen MR) is 73.4 cm³/mol. The van der Waals surface area contributed by atoms with Crippen molar-refractivity contribution in [2.45, 2.75) is 25.2 Å². The molecule has 0 aliphatic rings. The number of hydrogen-bond donors (Lipinski definition) is 1. The maximum absolute atomic E-state index is 12.2. The van der Waals surface area contributed by atoms with E-state index in [1.54, 1.807) is 24.8 Å². The average Bonchev–Trinajstić information content (AvgIpc) is 2.46. The minimum atomic E-state index is -0.850. The molecular formula is C15H17N3O. The molecule has 0 saturated heterocycles. The van der Waals surface area contributed by atoms with Crippen LogP contribution in [0.25, 0.3) is 0 Å². The Morgan fingerprint density at radius 2 is 1.68 bits per heavy atom. The number of pyridine rings is 2. The molecule has 0 aliphatic carbocycles. The van der Waals surface area contributed by atoms with Crippen molar-refractivity contribution in [2.24, 2.45) is 5.73 Å². The third kappa shape index (κ3) is 2.34. The van der Waals surface area contributed by atoms with Gasteiger partial charge in [0.05, 0.1) is 0 Å². The fourth-order valence-electron chi connectivity index (χ4n) is 2.47. The summed E-state index contributed by atoms with van der Waals surface area (Å²) in [5, 5.41) is 0. The number of hydrogen-bond acceptors (Lipinski definition) is 3. The van der Waals surface area contributed by atoms with Crippen LogP contribution in [0, 0.1) is 0 Å². The summed E-state index contributed by atoms with van der Waals surface area (Å²) < 4.78 is 0. The third-order valence-corrected chi connectivity index (χ3v) is 3.35. The molecule has 0 atom stereocenters. The van der Waals surface area contributed by atoms with E-state index >= 15 is 0 Å². The highest BCUT2D eigenvalue weighted by Crippen LogP contribution is 2.35. The lowest BCUT2D eigenvalue weighted by atomic mass is 9.72. The quantitative estimate of drug-likeness (QED) is 0.889. The van der Waals surface area contributed by atoms with Gasteiger partial charge in [-0.2, -0.15) is 0 Å². The highest BCUT2D eigenvalue weighted by molar-refractivity contribution is 5.90. The van der Waals surface area contributed by atoms with Crippen LogP contribution < -0.4 is 5.73 Å². The van der Waals surface area contributed by atoms with E-state index in [2.05, 4.69) is 9.97 Å². The number of primary amides is 1. The topological polar surface area (TPSA) is 68.9 Å². The summed E-state index contributed by atoms with van der Waals surface area (Å²) in [6.45, 7) is 2.03. The lowest BCUT2D eigenvalue weighted by Crippen LogP contribution is -2.42. The van der Waals surface area contributed by atoms with Gasteiger partial charge >= 0.3 is 0 Å². The van der Waals surface area contributed by atoms with Gasteiger partial charge < -0.3 is 5.73 Å². The third-order valence-electron chi connectivity index (χ3n) is 3.35. The SMILES string of the molecule is CCCC(C(N)=O)(c1cccnc1)c1cccnc1. The van der Waals surface area contributed by atoms with Crippen molar-refractivity contribution in [3.63, 3.8) is 0 Å². The van der Waals surface area contributed by atoms with E-state index in [1.807, 2.05) is 31.2 Å². The molecule has 98 valence electrons. The summed E-state index contributed by atoms with van der Waals surface area (Å²) in [7, 11) is 0. The first-order valence-corrected chi connectivity index (χ1v) is 6.32. The number of carbonyl (C=O) groups excluding carboxylic acids is 1. The molecule has 2 rings (SSSR count). The first kappa shape index (κ1) is 13.2. The van der Waals surface area contributed by atoms with E-state index in [1.165, 1.54) is 0 Å². The van der Waals surface area contributed by atoms with E-state index in [0.29, 0.717) is 6.42 Å². The zero-order chi connectivity index (χ0) is 13.7. The van der Waals surface area contributed by atoms with Gasteiger partial charge in [0.15, 0.2) is 0 Å². The number of carbonyl (C=O) groups is 1. The minimum absolute atomic E-state index is 0.365. The zero-order valence-electron chi connectivity index (χ0n) is 10.9. The molecule has 0 spiro atoms. The van der Waals surface area contributed by atoms with Crippen molar-refractivity contribution in [3.8, 4) is 0 Å². The molecule has 4 heteroatoms. The van der Waals surface area contributed by atoms with E-state index in [9.17, 15) is 4.79 Å². The van der Waals surface area contributed by atoms with Crippen LogP contribution in [0.15, 0.2) is 49.1 Å². The molecule has 0 saturated carbocycles. The summed E-state index contributed by atoms with van der Waals surface area (Å²) in [6.07, 6.45) is 8.25. The van der Waals surface area contributed by atoms with Gasteiger partial charge in [0.1, 0.15) is 5.41 Å². The normalized spacial score (nSPS) is 11.2. The van der Waals surface area contributed by atoms with Crippen molar-refractivity contribution < 1.29 is 4.79 Å². The molecule has 0 bridgehead atoms. The average molecular weight is 255 g/mol. The first-order chi connectivity index (χ1) is 9.21. The van der Waals surface area contributed by atoms with Gasteiger partial charge in [0.2, 0.25) is 5.91 Å². The van der Waals surface area contributed by atoms with Gasteiger partial charge in [-0.1, -0.05) is 25.5 Å². The Kier molecular flexibility index (Phi) is 3.90. The molecule has 0 aromatic carbocycles. The lowest BCUT2D eigenvalue weighted by molar-refractivity contribution is -0.122. The summed E-state index contributed by atoms with van der Waals surface area (Å²) >= 11 is 0. The van der Waals surface area contributed by atoms with Crippen molar-refractivity contribution in [1.82, 2.24) is 9.97 Å². The Balaban J connectivity index is 2.65. The van der Waals surface area contributed by atoms with E-state index in [4.69, 9.17) is 5.73 Å². The summed E-state index contributed by atoms with van der Waals surface area (Å²) in [6, 6.07) is 7.42. The second-order valence-corrected chi connectivity index (χ2v) is 4.50. The molecule has 2 N–H and O–H groups in total. The molecular weight excluding hydrogens is 238 g/mol. The Labute approximate surface area is 112 Å². The predicted octanol–water partition coefficient (Wildman–Crippen LogP) is 2.05. The minimum Gasteiger partial charge on any atom is -0.369 e. The highest BCUT2D eigenvalue weighted by Gasteiger charge is 2.39. The van der Waals surface area contributed by atoms with Crippen LogP contribution >= 0.6 is 0 Å². The summed E-state index contributed by atoms with van der Waals surface area (Å²) in [5.41, 5.74) is 6.51. The monoisotopic (exact) mass is 255 g/mol. The molecule has 0 fully saturated rings. The van der Waals surface area contributed by atoms with Gasteiger partial charge in [-0.3, -0.25) is 14.8 Å². The highest BCUT2D eigenvalue weighted by atomic mass is 16.1. The number of nitrogens with zero attached hydrogens (tertiary/aromatic N) is 2. The molecule has 19 heavy (non-hydrogen) atoms. The molecule has 0 unspecified atom stereocenters. The van der Waals surface area contributed by atoms with Crippen LogP contribution in [0.1, 0.15) is 30.9 Å². The number of amides is 1. The van der Waals surface area contributed by atoms with Crippen LogP contribution in [-0.4, -0.2) is 15.9 Å². The Bertz CT molecular complexity index is 500. The standard InChI is InChI=1S/C15H17N3O/c1-2-7-15(14(16)19,12-5-3-8-17-10-12)13-6-4-9-18-11-13/h3-6,8-11H,2,7H2,1H3,(H2,16,19). The van der Waals surface area contributed by atoms with Gasteiger partial charge in [-0.15, -0.1) is 0 Å². The second kappa shape index (κ2) is 5.61. The number of nitrogens with two attached hydrogens (primary N) is 1. The molecule has 1 amide bonds. The van der Waals surface area contributed by atoms with Crippen LogP contribution in [0.3, 0.4) is 0 Å². The van der Waals surface area contributed by atoms with E-state index in [-0.39, 0.29) is 5.91 Å². The van der Waals surface area contributed by atoms with Gasteiger partial charge in [-0.25, -0.2) is 0 Å². The molecule has 4 nitrogen and oxygen atoms in total. The molecule has 0 radical (unpaired) electrons. The number of aromatic nitrogens is 2. The first-order valence-electron chi connectivity index (χ1n) is 6.32. The maximum Gasteiger partial charge on any atom is 0.232 e. The fourth-order valence-corrected chi connectivity index (χ4v) is 2.47. The Morgan fingerprint density at radius 1 is 1.16 bits per heavy atom. The van der Waals surface area contributed by atoms with E-state index in [0.717, 1.165) is 17.5 Å². The van der Waals surface area contributed by atoms with Crippen LogP contribution in [-0.2, 0) is 10.2 Å². The summed E-state index contributed by atoms with van der Waals surface area (Å²) in [4.78, 5) is 20.4. The van der Waals surface area contributed by atoms with Crippen LogP contribution in [0.5, 0.6) is 0 Å². The second-order valence-electron chi connectivity index (χ2n) is 4.50. The molecule has 2 aromatic heterocycles. The number of rotatable bonds is 5. The Morgan fingerprint density at radius 3 is 2.00 bits per heavy atom. The fraction of sp³-hybridized carbons (Fsp3) is 0.267. The van der Waals surface area contributed by atoms with Gasteiger partial charge in [0.25, 0.3) is 0 Å². The smallest absolute Gasteiger partial charge is 0.232 e.